The standard InChI is InChI=1S/C22H26O7/c1-13-8-18(24)22(12-27-14(2)23)17(4-3-6-20(22)11-28-20)21(13)9-16(29-19(21)25)15-5-7-26-10-15/h5,7,10,13,16-17H,3-4,6,8-9,11-12H2,1-2H3/t13-,16+,17-,20+,21-,22-/m1/s1. The van der Waals surface area contributed by atoms with Crippen molar-refractivity contribution >= 4 is 17.7 Å². The summed E-state index contributed by atoms with van der Waals surface area (Å²) in [5.41, 5.74) is -1.56. The minimum Gasteiger partial charge on any atom is -0.472 e. The first-order chi connectivity index (χ1) is 13.9. The number of carbonyl (C=O) groups is 3. The highest BCUT2D eigenvalue weighted by atomic mass is 16.6. The van der Waals surface area contributed by atoms with Gasteiger partial charge in [0.2, 0.25) is 0 Å². The van der Waals surface area contributed by atoms with Crippen LogP contribution in [0.15, 0.2) is 23.0 Å². The largest absolute Gasteiger partial charge is 0.472 e. The minimum absolute atomic E-state index is 0.0238. The average molecular weight is 402 g/mol. The first kappa shape index (κ1) is 18.9. The molecule has 156 valence electrons. The van der Waals surface area contributed by atoms with E-state index in [2.05, 4.69) is 0 Å². The summed E-state index contributed by atoms with van der Waals surface area (Å²) < 4.78 is 22.4. The molecule has 2 saturated carbocycles. The lowest BCUT2D eigenvalue weighted by Crippen LogP contribution is -2.66. The lowest BCUT2D eigenvalue weighted by Gasteiger charge is -2.57. The van der Waals surface area contributed by atoms with Gasteiger partial charge in [-0.2, -0.15) is 0 Å². The summed E-state index contributed by atoms with van der Waals surface area (Å²) >= 11 is 0. The quantitative estimate of drug-likeness (QED) is 0.566. The van der Waals surface area contributed by atoms with Gasteiger partial charge >= 0.3 is 11.9 Å². The molecule has 0 bridgehead atoms. The third kappa shape index (κ3) is 2.37. The van der Waals surface area contributed by atoms with Crippen LogP contribution in [0.2, 0.25) is 0 Å². The molecule has 2 spiro atoms. The highest BCUT2D eigenvalue weighted by Gasteiger charge is 2.77. The van der Waals surface area contributed by atoms with Gasteiger partial charge in [-0.1, -0.05) is 13.3 Å². The number of esters is 2. The van der Waals surface area contributed by atoms with Gasteiger partial charge in [0.15, 0.2) is 0 Å². The van der Waals surface area contributed by atoms with Gasteiger partial charge in [-0.3, -0.25) is 14.4 Å². The smallest absolute Gasteiger partial charge is 0.313 e. The van der Waals surface area contributed by atoms with Crippen LogP contribution in [0, 0.1) is 22.7 Å². The average Bonchev–Trinajstić information content (AvgIpc) is 3.12. The zero-order valence-electron chi connectivity index (χ0n) is 16.8. The highest BCUT2D eigenvalue weighted by molar-refractivity contribution is 5.93. The van der Waals surface area contributed by atoms with Crippen molar-refractivity contribution in [1.82, 2.24) is 0 Å². The highest BCUT2D eigenvalue weighted by Crippen LogP contribution is 2.69. The van der Waals surface area contributed by atoms with E-state index in [0.717, 1.165) is 24.8 Å². The Morgan fingerprint density at radius 1 is 1.34 bits per heavy atom. The number of Topliss-reactive ketones (excluding diaryl/α,β-unsaturated/α-hetero) is 1. The minimum atomic E-state index is -0.978. The Bertz CT molecular complexity index is 855. The molecule has 5 rings (SSSR count). The molecule has 0 unspecified atom stereocenters. The predicted molar refractivity (Wildman–Crippen MR) is 98.5 cm³/mol. The lowest BCUT2D eigenvalue weighted by atomic mass is 9.43. The molecule has 2 aliphatic heterocycles. The first-order valence-electron chi connectivity index (χ1n) is 10.4. The van der Waals surface area contributed by atoms with Crippen molar-refractivity contribution < 1.29 is 33.0 Å². The second-order valence-electron chi connectivity index (χ2n) is 9.20. The maximum atomic E-state index is 13.5. The number of ether oxygens (including phenoxy) is 3. The number of furan rings is 1. The molecule has 0 aromatic carbocycles. The maximum absolute atomic E-state index is 13.5. The van der Waals surface area contributed by atoms with E-state index < -0.39 is 22.4 Å². The van der Waals surface area contributed by atoms with E-state index in [1.807, 2.05) is 13.0 Å². The van der Waals surface area contributed by atoms with Crippen molar-refractivity contribution in [1.29, 1.82) is 0 Å². The van der Waals surface area contributed by atoms with Gasteiger partial charge in [-0.05, 0) is 30.7 Å². The molecule has 2 saturated heterocycles. The van der Waals surface area contributed by atoms with Gasteiger partial charge in [-0.25, -0.2) is 0 Å². The zero-order valence-corrected chi connectivity index (χ0v) is 16.8. The third-order valence-corrected chi connectivity index (χ3v) is 8.04. The van der Waals surface area contributed by atoms with Crippen LogP contribution < -0.4 is 0 Å². The summed E-state index contributed by atoms with van der Waals surface area (Å²) in [6.07, 6.45) is 5.89. The molecule has 29 heavy (non-hydrogen) atoms. The fourth-order valence-corrected chi connectivity index (χ4v) is 6.53. The first-order valence-corrected chi connectivity index (χ1v) is 10.4. The number of epoxide rings is 1. The Hall–Kier alpha value is -2.15. The molecule has 7 heteroatoms. The summed E-state index contributed by atoms with van der Waals surface area (Å²) in [4.78, 5) is 38.6. The molecule has 6 atom stereocenters. The summed E-state index contributed by atoms with van der Waals surface area (Å²) in [6.45, 7) is 3.77. The Morgan fingerprint density at radius 2 is 2.14 bits per heavy atom. The van der Waals surface area contributed by atoms with Gasteiger partial charge < -0.3 is 18.6 Å². The van der Waals surface area contributed by atoms with E-state index in [0.29, 0.717) is 13.0 Å². The van der Waals surface area contributed by atoms with Crippen LogP contribution in [0.25, 0.3) is 0 Å². The Labute approximate surface area is 169 Å². The SMILES string of the molecule is CC(=O)OC[C@]12C(=O)C[C@@H](C)[C@]3(C[C@@H](c4ccoc4)OC3=O)[C@H]1CCC[C@]21CO1. The molecule has 7 nitrogen and oxygen atoms in total. The monoisotopic (exact) mass is 402 g/mol. The van der Waals surface area contributed by atoms with E-state index >= 15 is 0 Å². The van der Waals surface area contributed by atoms with Crippen molar-refractivity contribution in [3.63, 3.8) is 0 Å². The Morgan fingerprint density at radius 3 is 2.79 bits per heavy atom. The van der Waals surface area contributed by atoms with Crippen molar-refractivity contribution in [3.8, 4) is 0 Å². The van der Waals surface area contributed by atoms with Gasteiger partial charge in [0.05, 0.1) is 30.0 Å². The van der Waals surface area contributed by atoms with E-state index in [1.165, 1.54) is 6.92 Å². The van der Waals surface area contributed by atoms with Gasteiger partial charge in [0.1, 0.15) is 24.1 Å². The van der Waals surface area contributed by atoms with Crippen LogP contribution in [-0.4, -0.2) is 36.5 Å². The molecule has 1 aromatic rings. The molecule has 1 aromatic heterocycles. The molecule has 4 aliphatic rings. The van der Waals surface area contributed by atoms with Crippen LogP contribution in [0.3, 0.4) is 0 Å². The number of rotatable bonds is 3. The van der Waals surface area contributed by atoms with E-state index in [1.54, 1.807) is 12.5 Å². The van der Waals surface area contributed by atoms with Gasteiger partial charge in [0.25, 0.3) is 0 Å². The fourth-order valence-electron chi connectivity index (χ4n) is 6.53. The molecule has 4 fully saturated rings. The fraction of sp³-hybridized carbons (Fsp3) is 0.682. The molecule has 2 aliphatic carbocycles. The topological polar surface area (TPSA) is 95.3 Å². The number of fused-ring (bicyclic) bond motifs is 3. The Balaban J connectivity index is 1.60. The molecule has 0 N–H and O–H groups in total. The van der Waals surface area contributed by atoms with Crippen LogP contribution in [-0.2, 0) is 28.6 Å². The maximum Gasteiger partial charge on any atom is 0.313 e. The van der Waals surface area contributed by atoms with E-state index in [9.17, 15) is 14.4 Å². The van der Waals surface area contributed by atoms with Crippen LogP contribution in [0.4, 0.5) is 0 Å². The van der Waals surface area contributed by atoms with Gasteiger partial charge in [0, 0.05) is 25.3 Å². The number of carbonyl (C=O) groups excluding carboxylic acids is 3. The third-order valence-electron chi connectivity index (χ3n) is 8.04. The second kappa shape index (κ2) is 6.17. The molecular formula is C22H26O7. The van der Waals surface area contributed by atoms with Crippen molar-refractivity contribution in [2.75, 3.05) is 13.2 Å². The number of cyclic esters (lactones) is 1. The summed E-state index contributed by atoms with van der Waals surface area (Å²) in [7, 11) is 0. The van der Waals surface area contributed by atoms with Gasteiger partial charge in [-0.15, -0.1) is 0 Å². The van der Waals surface area contributed by atoms with E-state index in [-0.39, 0.29) is 42.7 Å². The zero-order chi connectivity index (χ0) is 20.4. The summed E-state index contributed by atoms with van der Waals surface area (Å²) in [5.74, 6) is -1.04. The molecule has 0 radical (unpaired) electrons. The molecule has 0 amide bonds. The molecule has 3 heterocycles. The van der Waals surface area contributed by atoms with Crippen LogP contribution >= 0.6 is 0 Å². The van der Waals surface area contributed by atoms with Crippen LogP contribution in [0.1, 0.15) is 57.6 Å². The summed E-state index contributed by atoms with van der Waals surface area (Å²) in [6, 6.07) is 1.81. The summed E-state index contributed by atoms with van der Waals surface area (Å²) in [5, 5.41) is 0. The number of ketones is 1. The predicted octanol–water partition coefficient (Wildman–Crippen LogP) is 2.98. The number of hydrogen-bond acceptors (Lipinski definition) is 7. The molecular weight excluding hydrogens is 376 g/mol. The number of hydrogen-bond donors (Lipinski definition) is 0. The van der Waals surface area contributed by atoms with Crippen molar-refractivity contribution in [2.45, 2.75) is 57.7 Å². The van der Waals surface area contributed by atoms with Crippen molar-refractivity contribution in [2.24, 2.45) is 22.7 Å². The van der Waals surface area contributed by atoms with E-state index in [4.69, 9.17) is 18.6 Å². The normalized spacial score (nSPS) is 43.3. The Kier molecular flexibility index (Phi) is 4.01. The van der Waals surface area contributed by atoms with Crippen molar-refractivity contribution in [3.05, 3.63) is 24.2 Å². The second-order valence-corrected chi connectivity index (χ2v) is 9.20. The van der Waals surface area contributed by atoms with Crippen LogP contribution in [0.5, 0.6) is 0 Å². The lowest BCUT2D eigenvalue weighted by molar-refractivity contribution is -0.188.